The van der Waals surface area contributed by atoms with Gasteiger partial charge in [-0.1, -0.05) is 32.9 Å². The molecule has 2 unspecified atom stereocenters. The van der Waals surface area contributed by atoms with Crippen LogP contribution >= 0.6 is 0 Å². The van der Waals surface area contributed by atoms with E-state index in [9.17, 15) is 28.1 Å². The number of likely N-dealkylation sites (tertiary alicyclic amines) is 2. The van der Waals surface area contributed by atoms with Crippen molar-refractivity contribution in [2.24, 2.45) is 11.8 Å². The van der Waals surface area contributed by atoms with Crippen molar-refractivity contribution in [3.8, 4) is 0 Å². The van der Waals surface area contributed by atoms with Gasteiger partial charge in [0.2, 0.25) is 5.91 Å². The van der Waals surface area contributed by atoms with Gasteiger partial charge in [0, 0.05) is 75.7 Å². The van der Waals surface area contributed by atoms with Gasteiger partial charge in [-0.3, -0.25) is 14.9 Å². The highest BCUT2D eigenvalue weighted by Crippen LogP contribution is 2.38. The molecule has 5 rings (SSSR count). The Morgan fingerprint density at radius 1 is 1.00 bits per heavy atom. The molecule has 3 aliphatic heterocycles. The molecule has 0 bridgehead atoms. The molecule has 222 valence electrons. The number of hydrogen-bond donors (Lipinski definition) is 1. The summed E-state index contributed by atoms with van der Waals surface area (Å²) < 4.78 is 39.9. The summed E-state index contributed by atoms with van der Waals surface area (Å²) in [6.45, 7) is 12.3. The quantitative estimate of drug-likeness (QED) is 0.354. The lowest BCUT2D eigenvalue weighted by atomic mass is 9.87. The molecule has 11 heteroatoms. The van der Waals surface area contributed by atoms with E-state index in [1.54, 1.807) is 4.90 Å². The van der Waals surface area contributed by atoms with E-state index in [-0.39, 0.29) is 23.1 Å². The molecule has 2 aromatic rings. The van der Waals surface area contributed by atoms with Crippen molar-refractivity contribution in [2.75, 3.05) is 56.0 Å². The fourth-order valence-electron chi connectivity index (χ4n) is 6.42. The van der Waals surface area contributed by atoms with Crippen LogP contribution in [0.1, 0.15) is 44.7 Å². The van der Waals surface area contributed by atoms with E-state index < -0.39 is 22.4 Å². The second-order valence-corrected chi connectivity index (χ2v) is 12.7. The predicted molar refractivity (Wildman–Crippen MR) is 152 cm³/mol. The fraction of sp³-hybridized carbons (Fsp3) is 0.567. The van der Waals surface area contributed by atoms with Crippen LogP contribution in [0.15, 0.2) is 42.5 Å². The van der Waals surface area contributed by atoms with Gasteiger partial charge in [-0.2, -0.15) is 13.2 Å². The molecule has 2 aromatic carbocycles. The van der Waals surface area contributed by atoms with E-state index in [0.717, 1.165) is 38.3 Å². The number of nitro groups is 1. The molecule has 3 heterocycles. The average Bonchev–Trinajstić information content (AvgIpc) is 3.62. The number of carbonyl (C=O) groups is 1. The molecular formula is C30H38F3N5O3. The normalized spacial score (nSPS) is 23.2. The highest BCUT2D eigenvalue weighted by molar-refractivity contribution is 5.77. The van der Waals surface area contributed by atoms with Crippen LogP contribution in [0.25, 0.3) is 0 Å². The number of rotatable bonds is 7. The van der Waals surface area contributed by atoms with Crippen LogP contribution in [0.5, 0.6) is 0 Å². The Labute approximate surface area is 238 Å². The molecule has 0 aliphatic carbocycles. The smallest absolute Gasteiger partial charge is 0.380 e. The van der Waals surface area contributed by atoms with Crippen molar-refractivity contribution in [2.45, 2.75) is 51.2 Å². The summed E-state index contributed by atoms with van der Waals surface area (Å²) in [5.41, 5.74) is 0.645. The van der Waals surface area contributed by atoms with Gasteiger partial charge in [0.25, 0.3) is 5.69 Å². The van der Waals surface area contributed by atoms with Crippen LogP contribution in [0.3, 0.4) is 0 Å². The third-order valence-corrected chi connectivity index (χ3v) is 8.71. The van der Waals surface area contributed by atoms with E-state index in [2.05, 4.69) is 60.2 Å². The molecule has 41 heavy (non-hydrogen) atoms. The molecule has 3 fully saturated rings. The third-order valence-electron chi connectivity index (χ3n) is 8.71. The third kappa shape index (κ3) is 6.60. The lowest BCUT2D eigenvalue weighted by Crippen LogP contribution is -2.35. The van der Waals surface area contributed by atoms with Gasteiger partial charge in [-0.15, -0.1) is 0 Å². The van der Waals surface area contributed by atoms with Gasteiger partial charge >= 0.3 is 6.18 Å². The van der Waals surface area contributed by atoms with Crippen molar-refractivity contribution >= 4 is 23.0 Å². The number of benzene rings is 2. The molecule has 3 aliphatic rings. The molecule has 0 spiro atoms. The Morgan fingerprint density at radius 3 is 2.24 bits per heavy atom. The summed E-state index contributed by atoms with van der Waals surface area (Å²) in [7, 11) is 0. The Morgan fingerprint density at radius 2 is 1.66 bits per heavy atom. The van der Waals surface area contributed by atoms with Gasteiger partial charge in [0.1, 0.15) is 5.56 Å². The number of nitrogens with one attached hydrogen (secondary N) is 1. The number of nitrogens with zero attached hydrogens (tertiary/aromatic N) is 4. The molecule has 0 aromatic heterocycles. The highest BCUT2D eigenvalue weighted by Gasteiger charge is 2.41. The minimum absolute atomic E-state index is 0.0478. The lowest BCUT2D eigenvalue weighted by molar-refractivity contribution is -0.388. The van der Waals surface area contributed by atoms with Crippen LogP contribution in [0.2, 0.25) is 0 Å². The number of fused-ring (bicyclic) bond motifs is 1. The maximum Gasteiger partial charge on any atom is 0.423 e. The van der Waals surface area contributed by atoms with E-state index in [0.29, 0.717) is 44.3 Å². The monoisotopic (exact) mass is 573 g/mol. The zero-order valence-electron chi connectivity index (χ0n) is 23.8. The van der Waals surface area contributed by atoms with Crippen molar-refractivity contribution < 1.29 is 22.9 Å². The Hall–Kier alpha value is -3.34. The van der Waals surface area contributed by atoms with Crippen LogP contribution in [0, 0.1) is 22.0 Å². The second kappa shape index (κ2) is 11.2. The number of halogens is 3. The van der Waals surface area contributed by atoms with Gasteiger partial charge < -0.3 is 20.0 Å². The van der Waals surface area contributed by atoms with Gasteiger partial charge in [-0.05, 0) is 53.5 Å². The van der Waals surface area contributed by atoms with Crippen LogP contribution in [-0.4, -0.2) is 72.5 Å². The van der Waals surface area contributed by atoms with E-state index in [4.69, 9.17) is 0 Å². The fourth-order valence-corrected chi connectivity index (χ4v) is 6.42. The van der Waals surface area contributed by atoms with Gasteiger partial charge in [0.15, 0.2) is 0 Å². The lowest BCUT2D eigenvalue weighted by Gasteiger charge is -2.25. The minimum atomic E-state index is -4.83. The average molecular weight is 574 g/mol. The molecule has 0 radical (unpaired) electrons. The number of alkyl halides is 3. The topological polar surface area (TPSA) is 82.0 Å². The van der Waals surface area contributed by atoms with Crippen LogP contribution in [0.4, 0.5) is 30.2 Å². The number of anilines is 2. The maximum atomic E-state index is 13.3. The van der Waals surface area contributed by atoms with Crippen molar-refractivity contribution in [1.82, 2.24) is 9.80 Å². The molecule has 1 amide bonds. The molecule has 0 saturated carbocycles. The zero-order chi connectivity index (χ0) is 29.5. The highest BCUT2D eigenvalue weighted by atomic mass is 19.4. The van der Waals surface area contributed by atoms with Crippen LogP contribution in [-0.2, 0) is 16.4 Å². The zero-order valence-corrected chi connectivity index (χ0v) is 23.8. The SMILES string of the molecule is CC(C)(C)c1ccc(N2CC3CN(CCC(=O)N4CC[C@@H](Nc5ccc([N+](=O)[O-])c(C(F)(F)F)c5)C4)CC3C2)cc1. The van der Waals surface area contributed by atoms with Crippen molar-refractivity contribution in [1.29, 1.82) is 0 Å². The van der Waals surface area contributed by atoms with E-state index >= 15 is 0 Å². The first-order valence-electron chi connectivity index (χ1n) is 14.3. The second-order valence-electron chi connectivity index (χ2n) is 12.7. The standard InChI is InChI=1S/C30H38F3N5O3/c1-29(2,3)22-4-7-25(8-5-22)37-17-20-15-35(16-21(20)18-37)12-11-28(39)36-13-10-24(19-36)34-23-6-9-27(38(40)41)26(14-23)30(31,32)33/h4-9,14,20-21,24,34H,10-13,15-19H2,1-3H3/t20?,21?,24-/m1/s1. The Balaban J connectivity index is 1.07. The maximum absolute atomic E-state index is 13.3. The van der Waals surface area contributed by atoms with E-state index in [1.807, 2.05) is 0 Å². The predicted octanol–water partition coefficient (Wildman–Crippen LogP) is 5.38. The van der Waals surface area contributed by atoms with Crippen molar-refractivity contribution in [3.63, 3.8) is 0 Å². The largest absolute Gasteiger partial charge is 0.423 e. The Kier molecular flexibility index (Phi) is 7.93. The first kappa shape index (κ1) is 29.2. The molecular weight excluding hydrogens is 535 g/mol. The molecule has 8 nitrogen and oxygen atoms in total. The molecule has 1 N–H and O–H groups in total. The summed E-state index contributed by atoms with van der Waals surface area (Å²) in [5.74, 6) is 1.23. The van der Waals surface area contributed by atoms with Gasteiger partial charge in [0.05, 0.1) is 4.92 Å². The first-order chi connectivity index (χ1) is 19.3. The van der Waals surface area contributed by atoms with Gasteiger partial charge in [-0.25, -0.2) is 0 Å². The summed E-state index contributed by atoms with van der Waals surface area (Å²) in [4.78, 5) is 29.5. The number of carbonyl (C=O) groups excluding carboxylic acids is 1. The number of hydrogen-bond acceptors (Lipinski definition) is 6. The summed E-state index contributed by atoms with van der Waals surface area (Å²) >= 11 is 0. The summed E-state index contributed by atoms with van der Waals surface area (Å²) in [6.07, 6.45) is -3.81. The molecule has 3 saturated heterocycles. The van der Waals surface area contributed by atoms with Crippen LogP contribution < -0.4 is 10.2 Å². The number of amides is 1. The van der Waals surface area contributed by atoms with Crippen molar-refractivity contribution in [3.05, 3.63) is 63.7 Å². The molecule has 3 atom stereocenters. The minimum Gasteiger partial charge on any atom is -0.380 e. The summed E-state index contributed by atoms with van der Waals surface area (Å²) in [5, 5.41) is 14.0. The number of nitro benzene ring substituents is 1. The first-order valence-corrected chi connectivity index (χ1v) is 14.3. The Bertz CT molecular complexity index is 1260. The van der Waals surface area contributed by atoms with E-state index in [1.165, 1.54) is 17.3 Å². The summed E-state index contributed by atoms with van der Waals surface area (Å²) in [6, 6.07) is 11.6.